The number of nitrogens with zero attached hydrogens (tertiary/aromatic N) is 2. The zero-order valence-corrected chi connectivity index (χ0v) is 29.2. The zero-order valence-electron chi connectivity index (χ0n) is 28.4. The van der Waals surface area contributed by atoms with Crippen molar-refractivity contribution in [1.29, 1.82) is 0 Å². The van der Waals surface area contributed by atoms with E-state index in [1.54, 1.807) is 24.1 Å². The Balaban J connectivity index is 1.20. The molecule has 7 rings (SSSR count). The molecule has 3 fully saturated rings. The number of amides is 2. The molecular weight excluding hydrogens is 658 g/mol. The third kappa shape index (κ3) is 6.93. The van der Waals surface area contributed by atoms with Crippen molar-refractivity contribution < 1.29 is 31.9 Å². The van der Waals surface area contributed by atoms with Gasteiger partial charge in [0.25, 0.3) is 0 Å². The number of carbonyl (C=O) groups excluding carboxylic acids is 3. The maximum atomic E-state index is 14.6. The van der Waals surface area contributed by atoms with Crippen molar-refractivity contribution in [3.63, 3.8) is 0 Å². The Kier molecular flexibility index (Phi) is 9.30. The Morgan fingerprint density at radius 3 is 2.70 bits per heavy atom. The van der Waals surface area contributed by atoms with Crippen LogP contribution < -0.4 is 9.46 Å². The topological polar surface area (TPSA) is 123 Å². The summed E-state index contributed by atoms with van der Waals surface area (Å²) in [4.78, 5) is 48.9. The molecule has 2 aliphatic carbocycles. The number of Topliss-reactive ketones (excluding diaryl/α,β-unsaturated/α-hetero) is 1. The molecule has 50 heavy (non-hydrogen) atoms. The summed E-state index contributed by atoms with van der Waals surface area (Å²) in [7, 11) is -3.91. The van der Waals surface area contributed by atoms with Gasteiger partial charge in [-0.25, -0.2) is 17.8 Å². The summed E-state index contributed by atoms with van der Waals surface area (Å²) in [6.45, 7) is 1.77. The number of allylic oxidation sites excluding steroid dienone is 2. The first-order valence-electron chi connectivity index (χ1n) is 17.8. The van der Waals surface area contributed by atoms with Gasteiger partial charge in [0.15, 0.2) is 5.78 Å². The molecule has 3 heterocycles. The minimum absolute atomic E-state index is 0.148. The number of benzene rings is 2. The van der Waals surface area contributed by atoms with E-state index in [0.29, 0.717) is 43.5 Å². The van der Waals surface area contributed by atoms with Crippen molar-refractivity contribution in [1.82, 2.24) is 14.6 Å². The number of hydrogen-bond acceptors (Lipinski definition) is 7. The fourth-order valence-corrected chi connectivity index (χ4v) is 9.05. The van der Waals surface area contributed by atoms with Crippen LogP contribution in [0.3, 0.4) is 0 Å². The lowest BCUT2D eigenvalue weighted by molar-refractivity contribution is -0.142. The van der Waals surface area contributed by atoms with Crippen molar-refractivity contribution in [2.75, 3.05) is 6.54 Å². The highest BCUT2D eigenvalue weighted by Gasteiger charge is 2.62. The van der Waals surface area contributed by atoms with Gasteiger partial charge in [0, 0.05) is 30.3 Å². The summed E-state index contributed by atoms with van der Waals surface area (Å²) in [5, 5.41) is 1.76. The number of rotatable bonds is 7. The second-order valence-corrected chi connectivity index (χ2v) is 17.1. The van der Waals surface area contributed by atoms with E-state index in [1.165, 1.54) is 12.1 Å². The summed E-state index contributed by atoms with van der Waals surface area (Å²) in [6, 6.07) is 15.0. The number of fused-ring (bicyclic) bond motifs is 3. The number of carbonyl (C=O) groups is 3. The molecule has 0 bridgehead atoms. The minimum atomic E-state index is -3.91. The number of halogens is 1. The van der Waals surface area contributed by atoms with E-state index < -0.39 is 44.2 Å². The van der Waals surface area contributed by atoms with Crippen LogP contribution in [0.25, 0.3) is 10.8 Å². The quantitative estimate of drug-likeness (QED) is 0.297. The highest BCUT2D eigenvalue weighted by molar-refractivity contribution is 7.91. The Morgan fingerprint density at radius 2 is 1.90 bits per heavy atom. The van der Waals surface area contributed by atoms with Crippen LogP contribution in [0.5, 0.6) is 5.88 Å². The van der Waals surface area contributed by atoms with E-state index in [2.05, 4.69) is 9.71 Å². The molecule has 1 saturated heterocycles. The van der Waals surface area contributed by atoms with Crippen LogP contribution in [0.2, 0.25) is 0 Å². The summed E-state index contributed by atoms with van der Waals surface area (Å²) < 4.78 is 48.3. The molecular formula is C39H44FN3O6S. The first kappa shape index (κ1) is 34.3. The number of aromatic nitrogens is 1. The molecule has 9 nitrogen and oxygen atoms in total. The summed E-state index contributed by atoms with van der Waals surface area (Å²) in [5.74, 6) is -1.87. The first-order valence-corrected chi connectivity index (χ1v) is 19.3. The van der Waals surface area contributed by atoms with Gasteiger partial charge < -0.3 is 9.64 Å². The van der Waals surface area contributed by atoms with Gasteiger partial charge in [0.05, 0.1) is 22.7 Å². The van der Waals surface area contributed by atoms with Gasteiger partial charge in [-0.1, -0.05) is 55.3 Å². The molecule has 0 unspecified atom stereocenters. The number of ketones is 1. The summed E-state index contributed by atoms with van der Waals surface area (Å²) >= 11 is 0. The number of nitrogens with one attached hydrogen (secondary N) is 1. The van der Waals surface area contributed by atoms with Gasteiger partial charge >= 0.3 is 0 Å². The smallest absolute Gasteiger partial charge is 0.240 e. The molecule has 3 aromatic rings. The average molecular weight is 702 g/mol. The second-order valence-electron chi connectivity index (χ2n) is 14.9. The molecule has 0 radical (unpaired) electrons. The SMILES string of the molecule is CC1(S(=O)(=O)NC(=O)[C@]23CC(=O)[C@@H]4C[C@@H](Oc5nccc6ccccc56)CN4C(=O)[C@@H](Cc4cccc(F)c4)CCCCC/C=C\[C@H]2C3)CC1. The molecule has 0 spiro atoms. The van der Waals surface area contributed by atoms with Crippen molar-refractivity contribution >= 4 is 38.4 Å². The van der Waals surface area contributed by atoms with E-state index in [0.717, 1.165) is 36.5 Å². The molecule has 5 atom stereocenters. The maximum Gasteiger partial charge on any atom is 0.240 e. The van der Waals surface area contributed by atoms with Crippen LogP contribution in [-0.2, 0) is 30.8 Å². The van der Waals surface area contributed by atoms with Crippen LogP contribution in [0.1, 0.15) is 76.7 Å². The van der Waals surface area contributed by atoms with Crippen LogP contribution >= 0.6 is 0 Å². The molecule has 2 amide bonds. The maximum absolute atomic E-state index is 14.6. The largest absolute Gasteiger partial charge is 0.472 e. The molecule has 1 N–H and O–H groups in total. The lowest BCUT2D eigenvalue weighted by Gasteiger charge is -2.29. The third-order valence-electron chi connectivity index (χ3n) is 11.3. The van der Waals surface area contributed by atoms with E-state index in [1.807, 2.05) is 48.6 Å². The normalized spacial score (nSPS) is 28.9. The van der Waals surface area contributed by atoms with Gasteiger partial charge in [-0.15, -0.1) is 0 Å². The van der Waals surface area contributed by atoms with Crippen LogP contribution in [0, 0.1) is 23.1 Å². The summed E-state index contributed by atoms with van der Waals surface area (Å²) in [6.07, 6.45) is 10.7. The number of sulfonamides is 1. The standard InChI is InChI=1S/C39H44FN3O6S/c1-38(17-18-38)50(47,48)42-37(46)39-23-29(39)13-6-4-2-3-5-12-28(20-26-10-9-14-30(40)21-26)36(45)43-25-31(22-33(43)34(44)24-39)49-35-32-15-8-7-11-27(32)16-19-41-35/h6-11,13-16,19,21,28-29,31,33H,2-5,12,17-18,20,22-25H2,1H3,(H,42,46)/b13-6-/t28-,29+,31-,33+,39-/m1/s1. The van der Waals surface area contributed by atoms with Gasteiger partial charge in [-0.3, -0.25) is 19.1 Å². The molecule has 4 aliphatic rings. The number of pyridine rings is 1. The van der Waals surface area contributed by atoms with Crippen LogP contribution in [-0.4, -0.2) is 59.3 Å². The number of hydrogen-bond donors (Lipinski definition) is 1. The van der Waals surface area contributed by atoms with E-state index in [-0.39, 0.29) is 42.8 Å². The number of ether oxygens (including phenoxy) is 1. The Bertz CT molecular complexity index is 1940. The molecule has 1 aromatic heterocycles. The molecule has 2 aromatic carbocycles. The van der Waals surface area contributed by atoms with Crippen molar-refractivity contribution in [2.45, 2.75) is 94.4 Å². The molecule has 2 saturated carbocycles. The predicted octanol–water partition coefficient (Wildman–Crippen LogP) is 6.07. The lowest BCUT2D eigenvalue weighted by Crippen LogP contribution is -2.47. The zero-order chi connectivity index (χ0) is 35.1. The van der Waals surface area contributed by atoms with Crippen molar-refractivity contribution in [3.05, 3.63) is 84.3 Å². The van der Waals surface area contributed by atoms with E-state index >= 15 is 0 Å². The predicted molar refractivity (Wildman–Crippen MR) is 187 cm³/mol. The highest BCUT2D eigenvalue weighted by atomic mass is 32.2. The first-order chi connectivity index (χ1) is 24.0. The Labute approximate surface area is 292 Å². The van der Waals surface area contributed by atoms with E-state index in [4.69, 9.17) is 4.74 Å². The third-order valence-corrected chi connectivity index (χ3v) is 13.4. The molecule has 11 heteroatoms. The van der Waals surface area contributed by atoms with Gasteiger partial charge in [0.1, 0.15) is 11.9 Å². The molecule has 264 valence electrons. The average Bonchev–Trinajstić information content (AvgIpc) is 3.97. The monoisotopic (exact) mass is 701 g/mol. The van der Waals surface area contributed by atoms with Crippen LogP contribution in [0.4, 0.5) is 4.39 Å². The summed E-state index contributed by atoms with van der Waals surface area (Å²) in [5.41, 5.74) is -0.501. The van der Waals surface area contributed by atoms with Crippen LogP contribution in [0.15, 0.2) is 72.9 Å². The fourth-order valence-electron chi connectivity index (χ4n) is 7.71. The van der Waals surface area contributed by atoms with Crippen molar-refractivity contribution in [2.24, 2.45) is 17.3 Å². The van der Waals surface area contributed by atoms with Gasteiger partial charge in [0.2, 0.25) is 27.7 Å². The lowest BCUT2D eigenvalue weighted by atomic mass is 9.90. The van der Waals surface area contributed by atoms with Gasteiger partial charge in [-0.05, 0) is 93.0 Å². The fraction of sp³-hybridized carbons (Fsp3) is 0.487. The van der Waals surface area contributed by atoms with E-state index in [9.17, 15) is 27.2 Å². The molecule has 2 aliphatic heterocycles. The Hall–Kier alpha value is -4.12. The van der Waals surface area contributed by atoms with Gasteiger partial charge in [-0.2, -0.15) is 0 Å². The minimum Gasteiger partial charge on any atom is -0.472 e. The highest BCUT2D eigenvalue weighted by Crippen LogP contribution is 2.57. The second kappa shape index (κ2) is 13.5. The Morgan fingerprint density at radius 1 is 1.08 bits per heavy atom. The van der Waals surface area contributed by atoms with Crippen molar-refractivity contribution in [3.8, 4) is 5.88 Å².